The molecule has 0 unspecified atom stereocenters. The van der Waals surface area contributed by atoms with Gasteiger partial charge in [0.1, 0.15) is 5.60 Å². The molecule has 0 bridgehead atoms. The van der Waals surface area contributed by atoms with Gasteiger partial charge in [0, 0.05) is 19.5 Å². The fourth-order valence-electron chi connectivity index (χ4n) is 1.84. The Balaban J connectivity index is 4.53. The molecule has 128 valence electrons. The Morgan fingerprint density at radius 2 is 1.73 bits per heavy atom. The molecule has 22 heavy (non-hydrogen) atoms. The van der Waals surface area contributed by atoms with Gasteiger partial charge in [-0.15, -0.1) is 6.58 Å². The van der Waals surface area contributed by atoms with Crippen LogP contribution in [0.1, 0.15) is 53.9 Å². The van der Waals surface area contributed by atoms with Crippen LogP contribution >= 0.6 is 0 Å². The Morgan fingerprint density at radius 1 is 1.14 bits per heavy atom. The fourth-order valence-corrected chi connectivity index (χ4v) is 1.84. The molecule has 0 atom stereocenters. The van der Waals surface area contributed by atoms with E-state index in [1.54, 1.807) is 11.0 Å². The topological polar surface area (TPSA) is 55.8 Å². The molecule has 0 N–H and O–H groups in total. The van der Waals surface area contributed by atoms with Gasteiger partial charge in [-0.1, -0.05) is 19.9 Å². The first kappa shape index (κ1) is 20.5. The third kappa shape index (κ3) is 9.42. The molecular formula is C17H31NO4. The Hall–Kier alpha value is -1.52. The van der Waals surface area contributed by atoms with E-state index in [1.807, 2.05) is 20.8 Å². The van der Waals surface area contributed by atoms with Crippen molar-refractivity contribution in [1.29, 1.82) is 0 Å². The van der Waals surface area contributed by atoms with E-state index in [9.17, 15) is 9.59 Å². The Kier molecular flexibility index (Phi) is 8.20. The first-order valence-corrected chi connectivity index (χ1v) is 7.66. The molecule has 0 aromatic heterocycles. The number of rotatable bonds is 8. The largest absolute Gasteiger partial charge is 0.469 e. The van der Waals surface area contributed by atoms with Crippen LogP contribution in [0.4, 0.5) is 4.79 Å². The van der Waals surface area contributed by atoms with Crippen LogP contribution in [-0.2, 0) is 14.3 Å². The van der Waals surface area contributed by atoms with E-state index in [0.29, 0.717) is 19.5 Å². The predicted octanol–water partition coefficient (Wildman–Crippen LogP) is 3.78. The number of carbonyl (C=O) groups is 2. The van der Waals surface area contributed by atoms with E-state index in [4.69, 9.17) is 4.74 Å². The smallest absolute Gasteiger partial charge is 0.410 e. The molecule has 0 fully saturated rings. The molecule has 0 heterocycles. The van der Waals surface area contributed by atoms with Crippen LogP contribution in [0, 0.1) is 5.41 Å². The van der Waals surface area contributed by atoms with Crippen molar-refractivity contribution in [3.8, 4) is 0 Å². The molecule has 0 spiro atoms. The summed E-state index contributed by atoms with van der Waals surface area (Å²) in [5.41, 5.74) is -0.577. The number of hydrogen-bond acceptors (Lipinski definition) is 4. The summed E-state index contributed by atoms with van der Waals surface area (Å²) < 4.78 is 10.1. The van der Waals surface area contributed by atoms with Crippen LogP contribution in [-0.4, -0.2) is 42.8 Å². The second kappa shape index (κ2) is 8.81. The zero-order valence-corrected chi connectivity index (χ0v) is 14.9. The van der Waals surface area contributed by atoms with Crippen LogP contribution in [0.25, 0.3) is 0 Å². The summed E-state index contributed by atoms with van der Waals surface area (Å²) in [6, 6.07) is 0. The van der Waals surface area contributed by atoms with Crippen LogP contribution in [0.5, 0.6) is 0 Å². The SMILES string of the molecule is C=CCN(CCC(C)(C)CCC(=O)OC)C(=O)OC(C)(C)C. The summed E-state index contributed by atoms with van der Waals surface area (Å²) in [6.45, 7) is 14.4. The first-order valence-electron chi connectivity index (χ1n) is 7.66. The highest BCUT2D eigenvalue weighted by Crippen LogP contribution is 2.27. The lowest BCUT2D eigenvalue weighted by molar-refractivity contribution is -0.141. The lowest BCUT2D eigenvalue weighted by atomic mass is 9.84. The van der Waals surface area contributed by atoms with Crippen molar-refractivity contribution in [3.05, 3.63) is 12.7 Å². The number of hydrogen-bond donors (Lipinski definition) is 0. The minimum atomic E-state index is -0.517. The van der Waals surface area contributed by atoms with Crippen LogP contribution in [0.15, 0.2) is 12.7 Å². The molecule has 5 heteroatoms. The summed E-state index contributed by atoms with van der Waals surface area (Å²) in [5.74, 6) is -0.205. The lowest BCUT2D eigenvalue weighted by Gasteiger charge is -2.30. The molecule has 0 aliphatic heterocycles. The number of nitrogens with zero attached hydrogens (tertiary/aromatic N) is 1. The molecule has 0 radical (unpaired) electrons. The van der Waals surface area contributed by atoms with Gasteiger partial charge in [0.25, 0.3) is 0 Å². The molecule has 0 saturated heterocycles. The Morgan fingerprint density at radius 3 is 2.18 bits per heavy atom. The quantitative estimate of drug-likeness (QED) is 0.505. The number of esters is 1. The zero-order valence-electron chi connectivity index (χ0n) is 14.9. The monoisotopic (exact) mass is 313 g/mol. The highest BCUT2D eigenvalue weighted by molar-refractivity contribution is 5.69. The van der Waals surface area contributed by atoms with Crippen molar-refractivity contribution in [2.45, 2.75) is 59.5 Å². The standard InChI is InChI=1S/C17H31NO4/c1-8-12-18(15(20)22-16(2,3)4)13-11-17(5,6)10-9-14(19)21-7/h8H,1,9-13H2,2-7H3. The number of carbonyl (C=O) groups excluding carboxylic acids is 2. The number of amides is 1. The van der Waals surface area contributed by atoms with Crippen LogP contribution < -0.4 is 0 Å². The molecule has 0 aliphatic carbocycles. The van der Waals surface area contributed by atoms with Gasteiger partial charge in [-0.2, -0.15) is 0 Å². The highest BCUT2D eigenvalue weighted by atomic mass is 16.6. The average Bonchev–Trinajstić information content (AvgIpc) is 2.38. The maximum Gasteiger partial charge on any atom is 0.410 e. The van der Waals surface area contributed by atoms with E-state index < -0.39 is 5.60 Å². The van der Waals surface area contributed by atoms with E-state index in [0.717, 1.165) is 12.8 Å². The van der Waals surface area contributed by atoms with Crippen molar-refractivity contribution in [2.75, 3.05) is 20.2 Å². The Labute approximate surface area is 134 Å². The normalized spacial score (nSPS) is 11.7. The third-order valence-corrected chi connectivity index (χ3v) is 3.29. The van der Waals surface area contributed by atoms with Crippen molar-refractivity contribution in [1.82, 2.24) is 4.90 Å². The molecule has 5 nitrogen and oxygen atoms in total. The van der Waals surface area contributed by atoms with Gasteiger partial charge in [0.15, 0.2) is 0 Å². The predicted molar refractivity (Wildman–Crippen MR) is 87.7 cm³/mol. The van der Waals surface area contributed by atoms with Gasteiger partial charge in [-0.3, -0.25) is 4.79 Å². The summed E-state index contributed by atoms with van der Waals surface area (Å²) >= 11 is 0. The minimum absolute atomic E-state index is 0.0599. The van der Waals surface area contributed by atoms with Gasteiger partial charge in [0.2, 0.25) is 0 Å². The summed E-state index contributed by atoms with van der Waals surface area (Å²) in [7, 11) is 1.39. The van der Waals surface area contributed by atoms with E-state index in [-0.39, 0.29) is 17.5 Å². The van der Waals surface area contributed by atoms with E-state index in [2.05, 4.69) is 25.2 Å². The maximum absolute atomic E-state index is 12.2. The molecular weight excluding hydrogens is 282 g/mol. The van der Waals surface area contributed by atoms with Crippen LogP contribution in [0.2, 0.25) is 0 Å². The van der Waals surface area contributed by atoms with Gasteiger partial charge in [0.05, 0.1) is 7.11 Å². The average molecular weight is 313 g/mol. The van der Waals surface area contributed by atoms with Gasteiger partial charge >= 0.3 is 12.1 Å². The molecule has 1 amide bonds. The van der Waals surface area contributed by atoms with Gasteiger partial charge in [-0.25, -0.2) is 4.79 Å². The molecule has 0 rings (SSSR count). The van der Waals surface area contributed by atoms with E-state index >= 15 is 0 Å². The lowest BCUT2D eigenvalue weighted by Crippen LogP contribution is -2.38. The number of ether oxygens (including phenoxy) is 2. The van der Waals surface area contributed by atoms with Crippen molar-refractivity contribution >= 4 is 12.1 Å². The molecule has 0 saturated carbocycles. The van der Waals surface area contributed by atoms with Gasteiger partial charge in [-0.05, 0) is 39.0 Å². The van der Waals surface area contributed by atoms with Crippen LogP contribution in [0.3, 0.4) is 0 Å². The summed E-state index contributed by atoms with van der Waals surface area (Å²) in [5, 5.41) is 0. The molecule has 0 aromatic rings. The van der Waals surface area contributed by atoms with Crippen molar-refractivity contribution < 1.29 is 19.1 Å². The maximum atomic E-state index is 12.2. The first-order chi connectivity index (χ1) is 10.0. The fraction of sp³-hybridized carbons (Fsp3) is 0.765. The molecule has 0 aromatic carbocycles. The van der Waals surface area contributed by atoms with E-state index in [1.165, 1.54) is 7.11 Å². The van der Waals surface area contributed by atoms with Crippen molar-refractivity contribution in [2.24, 2.45) is 5.41 Å². The third-order valence-electron chi connectivity index (χ3n) is 3.29. The number of methoxy groups -OCH3 is 1. The Bertz CT molecular complexity index is 383. The second-order valence-corrected chi connectivity index (χ2v) is 7.21. The van der Waals surface area contributed by atoms with Crippen molar-refractivity contribution in [3.63, 3.8) is 0 Å². The minimum Gasteiger partial charge on any atom is -0.469 e. The zero-order chi connectivity index (χ0) is 17.4. The summed E-state index contributed by atoms with van der Waals surface area (Å²) in [6.07, 6.45) is 3.23. The second-order valence-electron chi connectivity index (χ2n) is 7.21. The summed E-state index contributed by atoms with van der Waals surface area (Å²) in [4.78, 5) is 25.0. The van der Waals surface area contributed by atoms with Gasteiger partial charge < -0.3 is 14.4 Å². The molecule has 0 aliphatic rings. The highest BCUT2D eigenvalue weighted by Gasteiger charge is 2.25.